The maximum absolute atomic E-state index is 11.6. The summed E-state index contributed by atoms with van der Waals surface area (Å²) < 4.78 is 5.73. The molecule has 17 heavy (non-hydrogen) atoms. The van der Waals surface area contributed by atoms with E-state index in [1.54, 1.807) is 12.1 Å². The maximum Gasteiger partial charge on any atom is 0.326 e. The molecule has 2 aromatic rings. The van der Waals surface area contributed by atoms with Gasteiger partial charge in [0.05, 0.1) is 0 Å². The molecular weight excluding hydrogens is 284 g/mol. The van der Waals surface area contributed by atoms with Crippen LogP contribution in [-0.4, -0.2) is 6.03 Å². The number of amides is 2. The third kappa shape index (κ3) is 3.35. The third-order valence-electron chi connectivity index (χ3n) is 2.12. The minimum absolute atomic E-state index is 0.337. The van der Waals surface area contributed by atoms with E-state index in [1.165, 1.54) is 0 Å². The number of aryl methyl sites for hydroxylation is 1. The average Bonchev–Trinajstić information content (AvgIpc) is 2.67. The summed E-state index contributed by atoms with van der Waals surface area (Å²) in [6, 6.07) is 10.6. The number of nitrogens with one attached hydrogen (secondary N) is 2. The first-order chi connectivity index (χ1) is 8.13. The van der Waals surface area contributed by atoms with Crippen LogP contribution in [0.4, 0.5) is 16.4 Å². The molecule has 0 aliphatic heterocycles. The molecule has 0 aliphatic rings. The molecule has 1 aromatic carbocycles. The van der Waals surface area contributed by atoms with Crippen LogP contribution in [0.1, 0.15) is 5.56 Å². The normalized spacial score (nSPS) is 10.0. The van der Waals surface area contributed by atoms with Crippen molar-refractivity contribution < 1.29 is 9.21 Å². The van der Waals surface area contributed by atoms with E-state index in [4.69, 9.17) is 4.42 Å². The third-order valence-corrected chi connectivity index (χ3v) is 2.55. The number of carbonyl (C=O) groups is 1. The standard InChI is InChI=1S/C12H11BrN2O2/c1-8-2-4-9(5-3-8)14-12(16)15-11-7-6-10(13)17-11/h2-7H,1H3,(H2,14,15,16). The molecule has 5 heteroatoms. The van der Waals surface area contributed by atoms with Crippen molar-refractivity contribution in [3.05, 3.63) is 46.6 Å². The van der Waals surface area contributed by atoms with E-state index >= 15 is 0 Å². The van der Waals surface area contributed by atoms with Crippen molar-refractivity contribution in [3.63, 3.8) is 0 Å². The monoisotopic (exact) mass is 294 g/mol. The Bertz CT molecular complexity index is 520. The molecule has 2 N–H and O–H groups in total. The van der Waals surface area contributed by atoms with Gasteiger partial charge in [-0.05, 0) is 41.1 Å². The van der Waals surface area contributed by atoms with Crippen molar-refractivity contribution >= 4 is 33.5 Å². The molecular formula is C12H11BrN2O2. The molecule has 0 fully saturated rings. The molecule has 0 spiro atoms. The Hall–Kier alpha value is -1.75. The lowest BCUT2D eigenvalue weighted by Crippen LogP contribution is -2.18. The predicted molar refractivity (Wildman–Crippen MR) is 70.2 cm³/mol. The number of urea groups is 1. The van der Waals surface area contributed by atoms with E-state index < -0.39 is 0 Å². The van der Waals surface area contributed by atoms with Gasteiger partial charge in [0.1, 0.15) is 0 Å². The highest BCUT2D eigenvalue weighted by Crippen LogP contribution is 2.18. The Kier molecular flexibility index (Phi) is 3.49. The lowest BCUT2D eigenvalue weighted by atomic mass is 10.2. The van der Waals surface area contributed by atoms with E-state index in [0.717, 1.165) is 11.3 Å². The van der Waals surface area contributed by atoms with Crippen LogP contribution in [0, 0.1) is 6.92 Å². The van der Waals surface area contributed by atoms with Gasteiger partial charge in [-0.2, -0.15) is 0 Å². The minimum Gasteiger partial charge on any atom is -0.434 e. The van der Waals surface area contributed by atoms with Crippen LogP contribution >= 0.6 is 15.9 Å². The SMILES string of the molecule is Cc1ccc(NC(=O)Nc2ccc(Br)o2)cc1. The molecule has 2 rings (SSSR count). The second-order valence-corrected chi connectivity index (χ2v) is 4.33. The molecule has 0 unspecified atom stereocenters. The fourth-order valence-electron chi connectivity index (χ4n) is 1.29. The first kappa shape index (κ1) is 11.7. The van der Waals surface area contributed by atoms with Gasteiger partial charge in [-0.25, -0.2) is 4.79 Å². The highest BCUT2D eigenvalue weighted by Gasteiger charge is 2.05. The molecule has 0 radical (unpaired) electrons. The second kappa shape index (κ2) is 5.05. The zero-order chi connectivity index (χ0) is 12.3. The molecule has 0 saturated carbocycles. The Labute approximate surface area is 107 Å². The smallest absolute Gasteiger partial charge is 0.326 e. The van der Waals surface area contributed by atoms with Crippen LogP contribution in [0.5, 0.6) is 0 Å². The summed E-state index contributed by atoms with van der Waals surface area (Å²) in [5, 5.41) is 5.28. The Morgan fingerprint density at radius 2 is 1.82 bits per heavy atom. The van der Waals surface area contributed by atoms with E-state index in [1.807, 2.05) is 31.2 Å². The van der Waals surface area contributed by atoms with E-state index in [-0.39, 0.29) is 6.03 Å². The number of hydrogen-bond donors (Lipinski definition) is 2. The van der Waals surface area contributed by atoms with E-state index in [9.17, 15) is 4.79 Å². The van der Waals surface area contributed by atoms with Gasteiger partial charge in [-0.15, -0.1) is 0 Å². The van der Waals surface area contributed by atoms with Gasteiger partial charge in [0.25, 0.3) is 0 Å². The first-order valence-electron chi connectivity index (χ1n) is 5.03. The molecule has 2 amide bonds. The number of carbonyl (C=O) groups excluding carboxylic acids is 1. The van der Waals surface area contributed by atoms with Gasteiger partial charge in [-0.1, -0.05) is 17.7 Å². The van der Waals surface area contributed by atoms with Crippen molar-refractivity contribution in [1.82, 2.24) is 0 Å². The van der Waals surface area contributed by atoms with Crippen molar-refractivity contribution in [2.75, 3.05) is 10.6 Å². The molecule has 1 heterocycles. The average molecular weight is 295 g/mol. The van der Waals surface area contributed by atoms with Gasteiger partial charge < -0.3 is 9.73 Å². The highest BCUT2D eigenvalue weighted by atomic mass is 79.9. The summed E-state index contributed by atoms with van der Waals surface area (Å²) in [5.41, 5.74) is 1.88. The minimum atomic E-state index is -0.337. The molecule has 88 valence electrons. The molecule has 0 atom stereocenters. The summed E-state index contributed by atoms with van der Waals surface area (Å²) >= 11 is 3.16. The van der Waals surface area contributed by atoms with Gasteiger partial charge in [0.15, 0.2) is 4.67 Å². The molecule has 0 aliphatic carbocycles. The highest BCUT2D eigenvalue weighted by molar-refractivity contribution is 9.10. The largest absolute Gasteiger partial charge is 0.434 e. The second-order valence-electron chi connectivity index (χ2n) is 3.55. The number of rotatable bonds is 2. The quantitative estimate of drug-likeness (QED) is 0.880. The van der Waals surface area contributed by atoms with Crippen molar-refractivity contribution in [3.8, 4) is 0 Å². The lowest BCUT2D eigenvalue weighted by Gasteiger charge is -2.05. The predicted octanol–water partition coefficient (Wildman–Crippen LogP) is 3.99. The molecule has 1 aromatic heterocycles. The van der Waals surface area contributed by atoms with Crippen LogP contribution in [0.25, 0.3) is 0 Å². The Morgan fingerprint density at radius 1 is 1.12 bits per heavy atom. The maximum atomic E-state index is 11.6. The summed E-state index contributed by atoms with van der Waals surface area (Å²) in [5.74, 6) is 0.390. The van der Waals surface area contributed by atoms with Crippen molar-refractivity contribution in [1.29, 1.82) is 0 Å². The summed E-state index contributed by atoms with van der Waals surface area (Å²) in [6.45, 7) is 1.99. The van der Waals surface area contributed by atoms with Crippen LogP contribution < -0.4 is 10.6 Å². The van der Waals surface area contributed by atoms with Gasteiger partial charge in [0.2, 0.25) is 5.88 Å². The number of benzene rings is 1. The van der Waals surface area contributed by atoms with Crippen LogP contribution in [0.2, 0.25) is 0 Å². The zero-order valence-corrected chi connectivity index (χ0v) is 10.7. The van der Waals surface area contributed by atoms with Crippen molar-refractivity contribution in [2.24, 2.45) is 0 Å². The fraction of sp³-hybridized carbons (Fsp3) is 0.0833. The molecule has 0 saturated heterocycles. The number of anilines is 2. The summed E-state index contributed by atoms with van der Waals surface area (Å²) in [4.78, 5) is 11.6. The van der Waals surface area contributed by atoms with Gasteiger partial charge in [0, 0.05) is 11.8 Å². The van der Waals surface area contributed by atoms with Crippen LogP contribution in [0.3, 0.4) is 0 Å². The number of halogens is 1. The summed E-state index contributed by atoms with van der Waals surface area (Å²) in [7, 11) is 0. The number of furan rings is 1. The molecule has 0 bridgehead atoms. The Balaban J connectivity index is 1.95. The number of hydrogen-bond acceptors (Lipinski definition) is 2. The van der Waals surface area contributed by atoms with E-state index in [2.05, 4.69) is 26.6 Å². The van der Waals surface area contributed by atoms with Gasteiger partial charge >= 0.3 is 6.03 Å². The van der Waals surface area contributed by atoms with Crippen LogP contribution in [-0.2, 0) is 0 Å². The van der Waals surface area contributed by atoms with Crippen LogP contribution in [0.15, 0.2) is 45.5 Å². The molecule has 4 nitrogen and oxygen atoms in total. The Morgan fingerprint density at radius 3 is 2.41 bits per heavy atom. The van der Waals surface area contributed by atoms with Crippen molar-refractivity contribution in [2.45, 2.75) is 6.92 Å². The first-order valence-corrected chi connectivity index (χ1v) is 5.83. The van der Waals surface area contributed by atoms with E-state index in [0.29, 0.717) is 10.6 Å². The van der Waals surface area contributed by atoms with Gasteiger partial charge in [-0.3, -0.25) is 5.32 Å². The lowest BCUT2D eigenvalue weighted by molar-refractivity contribution is 0.261. The topological polar surface area (TPSA) is 54.3 Å². The summed E-state index contributed by atoms with van der Waals surface area (Å²) in [6.07, 6.45) is 0. The fourth-order valence-corrected chi connectivity index (χ4v) is 1.60. The zero-order valence-electron chi connectivity index (χ0n) is 9.16.